The molecule has 4 heteroatoms. The van der Waals surface area contributed by atoms with Crippen LogP contribution in [0.1, 0.15) is 25.5 Å². The van der Waals surface area contributed by atoms with Gasteiger partial charge >= 0.3 is 0 Å². The van der Waals surface area contributed by atoms with Gasteiger partial charge in [-0.25, -0.2) is 8.42 Å². The molecule has 1 N–H and O–H groups in total. The first-order valence-electron chi connectivity index (χ1n) is 7.28. The Morgan fingerprint density at radius 3 is 2.33 bits per heavy atom. The fraction of sp³-hybridized carbons (Fsp3) is 0.412. The summed E-state index contributed by atoms with van der Waals surface area (Å²) in [6, 6.07) is 13.9. The maximum Gasteiger partial charge on any atom is 0.152 e. The number of rotatable bonds is 6. The van der Waals surface area contributed by atoms with Crippen molar-refractivity contribution in [1.29, 1.82) is 0 Å². The molecule has 0 bridgehead atoms. The molecule has 0 aromatic heterocycles. The van der Waals surface area contributed by atoms with E-state index in [-0.39, 0.29) is 23.5 Å². The maximum absolute atomic E-state index is 12.3. The highest BCUT2D eigenvalue weighted by atomic mass is 32.2. The molecule has 3 nitrogen and oxygen atoms in total. The highest BCUT2D eigenvalue weighted by Crippen LogP contribution is 2.25. The van der Waals surface area contributed by atoms with E-state index in [2.05, 4.69) is 5.32 Å². The Morgan fingerprint density at radius 1 is 1.00 bits per heavy atom. The van der Waals surface area contributed by atoms with Gasteiger partial charge in [-0.05, 0) is 29.3 Å². The van der Waals surface area contributed by atoms with Crippen LogP contribution in [0, 0.1) is 5.92 Å². The van der Waals surface area contributed by atoms with E-state index in [4.69, 9.17) is 0 Å². The minimum Gasteiger partial charge on any atom is -0.312 e. The van der Waals surface area contributed by atoms with Gasteiger partial charge in [0.15, 0.2) is 9.84 Å². The van der Waals surface area contributed by atoms with Crippen LogP contribution in [0.5, 0.6) is 0 Å². The molecule has 0 saturated heterocycles. The van der Waals surface area contributed by atoms with Gasteiger partial charge in [0.25, 0.3) is 0 Å². The number of benzene rings is 2. The predicted molar refractivity (Wildman–Crippen MR) is 89.2 cm³/mol. The van der Waals surface area contributed by atoms with Crippen molar-refractivity contribution in [3.8, 4) is 0 Å². The number of sulfone groups is 1. The zero-order valence-electron chi connectivity index (χ0n) is 12.8. The van der Waals surface area contributed by atoms with Crippen molar-refractivity contribution in [2.75, 3.05) is 18.6 Å². The lowest BCUT2D eigenvalue weighted by Gasteiger charge is -2.19. The molecule has 1 unspecified atom stereocenters. The molecule has 0 saturated carbocycles. The number of hydrogen-bond donors (Lipinski definition) is 1. The van der Waals surface area contributed by atoms with Crippen molar-refractivity contribution in [2.24, 2.45) is 5.92 Å². The lowest BCUT2D eigenvalue weighted by Crippen LogP contribution is -2.28. The molecule has 2 rings (SSSR count). The van der Waals surface area contributed by atoms with E-state index in [9.17, 15) is 8.42 Å². The Kier molecular flexibility index (Phi) is 5.01. The van der Waals surface area contributed by atoms with Gasteiger partial charge in [0.05, 0.1) is 11.5 Å². The van der Waals surface area contributed by atoms with Crippen LogP contribution in [-0.2, 0) is 9.84 Å². The number of hydrogen-bond acceptors (Lipinski definition) is 3. The summed E-state index contributed by atoms with van der Waals surface area (Å²) >= 11 is 0. The van der Waals surface area contributed by atoms with Crippen LogP contribution in [0.2, 0.25) is 0 Å². The van der Waals surface area contributed by atoms with E-state index >= 15 is 0 Å². The SMILES string of the molecule is CNC(CS(=O)(=O)CC(C)C)c1cccc2ccccc12. The predicted octanol–water partition coefficient (Wildman–Crippen LogP) is 3.17. The second kappa shape index (κ2) is 6.58. The summed E-state index contributed by atoms with van der Waals surface area (Å²) in [6.45, 7) is 3.87. The molecule has 0 aliphatic heterocycles. The first kappa shape index (κ1) is 16.0. The summed E-state index contributed by atoms with van der Waals surface area (Å²) in [5.74, 6) is 0.519. The summed E-state index contributed by atoms with van der Waals surface area (Å²) in [4.78, 5) is 0. The van der Waals surface area contributed by atoms with E-state index in [0.29, 0.717) is 0 Å². The molecule has 1 atom stereocenters. The first-order chi connectivity index (χ1) is 9.93. The third-order valence-electron chi connectivity index (χ3n) is 3.56. The molecule has 0 radical (unpaired) electrons. The molecule has 2 aromatic carbocycles. The fourth-order valence-electron chi connectivity index (χ4n) is 2.71. The lowest BCUT2D eigenvalue weighted by atomic mass is 10.00. The minimum atomic E-state index is -3.07. The summed E-state index contributed by atoms with van der Waals surface area (Å²) in [7, 11) is -1.25. The molecular formula is C17H23NO2S. The molecule has 2 aromatic rings. The normalized spacial score (nSPS) is 13.7. The molecule has 0 amide bonds. The van der Waals surface area contributed by atoms with Crippen LogP contribution in [0.25, 0.3) is 10.8 Å². The van der Waals surface area contributed by atoms with E-state index < -0.39 is 9.84 Å². The van der Waals surface area contributed by atoms with E-state index in [1.54, 1.807) is 0 Å². The highest BCUT2D eigenvalue weighted by Gasteiger charge is 2.21. The smallest absolute Gasteiger partial charge is 0.152 e. The molecular weight excluding hydrogens is 282 g/mol. The Morgan fingerprint density at radius 2 is 1.67 bits per heavy atom. The van der Waals surface area contributed by atoms with Gasteiger partial charge in [0.2, 0.25) is 0 Å². The maximum atomic E-state index is 12.3. The molecule has 0 heterocycles. The second-order valence-corrected chi connectivity index (χ2v) is 8.03. The number of nitrogens with one attached hydrogen (secondary N) is 1. The summed E-state index contributed by atoms with van der Waals surface area (Å²) < 4.78 is 24.6. The molecule has 0 fully saturated rings. The topological polar surface area (TPSA) is 46.2 Å². The van der Waals surface area contributed by atoms with Gasteiger partial charge in [-0.15, -0.1) is 0 Å². The van der Waals surface area contributed by atoms with Gasteiger partial charge in [-0.3, -0.25) is 0 Å². The Balaban J connectivity index is 2.36. The Labute approximate surface area is 127 Å². The van der Waals surface area contributed by atoms with Gasteiger partial charge < -0.3 is 5.32 Å². The summed E-state index contributed by atoms with van der Waals surface area (Å²) in [6.07, 6.45) is 0. The van der Waals surface area contributed by atoms with Crippen molar-refractivity contribution < 1.29 is 8.42 Å². The van der Waals surface area contributed by atoms with Crippen molar-refractivity contribution in [1.82, 2.24) is 5.32 Å². The highest BCUT2D eigenvalue weighted by molar-refractivity contribution is 7.91. The molecule has 0 aliphatic carbocycles. The molecule has 0 aliphatic rings. The number of fused-ring (bicyclic) bond motifs is 1. The largest absolute Gasteiger partial charge is 0.312 e. The van der Waals surface area contributed by atoms with E-state index in [1.807, 2.05) is 63.4 Å². The van der Waals surface area contributed by atoms with Gasteiger partial charge in [-0.2, -0.15) is 0 Å². The van der Waals surface area contributed by atoms with E-state index in [1.165, 1.54) is 0 Å². The minimum absolute atomic E-state index is 0.135. The van der Waals surface area contributed by atoms with Crippen LogP contribution < -0.4 is 5.32 Å². The third-order valence-corrected chi connectivity index (χ3v) is 5.57. The van der Waals surface area contributed by atoms with Gasteiger partial charge in [0.1, 0.15) is 0 Å². The van der Waals surface area contributed by atoms with Crippen LogP contribution >= 0.6 is 0 Å². The lowest BCUT2D eigenvalue weighted by molar-refractivity contribution is 0.564. The quantitative estimate of drug-likeness (QED) is 0.891. The van der Waals surface area contributed by atoms with Crippen LogP contribution in [0.4, 0.5) is 0 Å². The van der Waals surface area contributed by atoms with Crippen molar-refractivity contribution in [3.63, 3.8) is 0 Å². The average Bonchev–Trinajstić information content (AvgIpc) is 2.43. The fourth-order valence-corrected chi connectivity index (χ4v) is 4.72. The zero-order chi connectivity index (χ0) is 15.5. The van der Waals surface area contributed by atoms with Gasteiger partial charge in [0, 0.05) is 6.04 Å². The summed E-state index contributed by atoms with van der Waals surface area (Å²) in [5.41, 5.74) is 1.04. The molecule has 21 heavy (non-hydrogen) atoms. The first-order valence-corrected chi connectivity index (χ1v) is 9.10. The second-order valence-electron chi connectivity index (χ2n) is 5.88. The van der Waals surface area contributed by atoms with Crippen LogP contribution in [-0.4, -0.2) is 27.0 Å². The molecule has 114 valence electrons. The Bertz CT molecular complexity index is 702. The monoisotopic (exact) mass is 305 g/mol. The van der Waals surface area contributed by atoms with Crippen molar-refractivity contribution in [2.45, 2.75) is 19.9 Å². The van der Waals surface area contributed by atoms with Crippen molar-refractivity contribution in [3.05, 3.63) is 48.0 Å². The zero-order valence-corrected chi connectivity index (χ0v) is 13.7. The molecule has 0 spiro atoms. The third kappa shape index (κ3) is 4.05. The van der Waals surface area contributed by atoms with E-state index in [0.717, 1.165) is 16.3 Å². The van der Waals surface area contributed by atoms with Crippen molar-refractivity contribution >= 4 is 20.6 Å². The van der Waals surface area contributed by atoms with Gasteiger partial charge in [-0.1, -0.05) is 56.3 Å². The Hall–Kier alpha value is -1.39. The van der Waals surface area contributed by atoms with Crippen LogP contribution in [0.3, 0.4) is 0 Å². The average molecular weight is 305 g/mol. The standard InChI is InChI=1S/C17H23NO2S/c1-13(2)11-21(19,20)12-17(18-3)16-10-6-8-14-7-4-5-9-15(14)16/h4-10,13,17-18H,11-12H2,1-3H3. The summed E-state index contributed by atoms with van der Waals surface area (Å²) in [5, 5.41) is 5.41. The van der Waals surface area contributed by atoms with Crippen LogP contribution in [0.15, 0.2) is 42.5 Å².